The van der Waals surface area contributed by atoms with E-state index >= 15 is 0 Å². The van der Waals surface area contributed by atoms with Crippen molar-refractivity contribution >= 4 is 23.2 Å². The second-order valence-electron chi connectivity index (χ2n) is 4.71. The number of nitrogens with one attached hydrogen (secondary N) is 2. The van der Waals surface area contributed by atoms with Crippen LogP contribution in [0.2, 0.25) is 0 Å². The van der Waals surface area contributed by atoms with Gasteiger partial charge in [0, 0.05) is 5.69 Å². The van der Waals surface area contributed by atoms with Crippen molar-refractivity contribution in [1.29, 1.82) is 0 Å². The van der Waals surface area contributed by atoms with Crippen LogP contribution in [-0.2, 0) is 9.59 Å². The van der Waals surface area contributed by atoms with Gasteiger partial charge in [0.25, 0.3) is 0 Å². The number of hydrogen-bond acceptors (Lipinski definition) is 2. The molecule has 0 aliphatic rings. The maximum absolute atomic E-state index is 13.4. The first-order valence-corrected chi connectivity index (χ1v) is 6.41. The third kappa shape index (κ3) is 3.66. The van der Waals surface area contributed by atoms with Gasteiger partial charge in [-0.25, -0.2) is 4.39 Å². The van der Waals surface area contributed by atoms with Crippen LogP contribution in [0.15, 0.2) is 42.5 Å². The van der Waals surface area contributed by atoms with Crippen LogP contribution >= 0.6 is 0 Å². The van der Waals surface area contributed by atoms with Gasteiger partial charge in [-0.1, -0.05) is 29.8 Å². The number of rotatable bonds is 2. The lowest BCUT2D eigenvalue weighted by molar-refractivity contribution is -0.133. The summed E-state index contributed by atoms with van der Waals surface area (Å²) in [7, 11) is 0. The molecule has 0 aliphatic heterocycles. The summed E-state index contributed by atoms with van der Waals surface area (Å²) < 4.78 is 13.4. The predicted octanol–water partition coefficient (Wildman–Crippen LogP) is 3.02. The van der Waals surface area contributed by atoms with Crippen LogP contribution in [0, 0.1) is 19.7 Å². The lowest BCUT2D eigenvalue weighted by atomic mass is 10.1. The third-order valence-corrected chi connectivity index (χ3v) is 2.96. The van der Waals surface area contributed by atoms with E-state index in [0.29, 0.717) is 5.69 Å². The summed E-state index contributed by atoms with van der Waals surface area (Å²) in [5.41, 5.74) is 2.43. The van der Waals surface area contributed by atoms with Crippen molar-refractivity contribution in [3.05, 3.63) is 59.4 Å². The van der Waals surface area contributed by atoms with E-state index in [9.17, 15) is 14.0 Å². The molecule has 2 aromatic carbocycles. The van der Waals surface area contributed by atoms with Crippen LogP contribution < -0.4 is 10.6 Å². The highest BCUT2D eigenvalue weighted by Crippen LogP contribution is 2.16. The van der Waals surface area contributed by atoms with Gasteiger partial charge in [0.1, 0.15) is 5.82 Å². The number of para-hydroxylation sites is 1. The van der Waals surface area contributed by atoms with Gasteiger partial charge in [0.15, 0.2) is 0 Å². The van der Waals surface area contributed by atoms with Gasteiger partial charge >= 0.3 is 11.8 Å². The van der Waals surface area contributed by atoms with Crippen LogP contribution in [-0.4, -0.2) is 11.8 Å². The first-order chi connectivity index (χ1) is 9.97. The zero-order valence-corrected chi connectivity index (χ0v) is 11.7. The lowest BCUT2D eigenvalue weighted by Gasteiger charge is -2.09. The van der Waals surface area contributed by atoms with Crippen LogP contribution in [0.25, 0.3) is 0 Å². The topological polar surface area (TPSA) is 58.2 Å². The average molecular weight is 286 g/mol. The molecule has 0 aromatic heterocycles. The summed E-state index contributed by atoms with van der Waals surface area (Å²) in [6.07, 6.45) is 0. The van der Waals surface area contributed by atoms with E-state index in [1.807, 2.05) is 26.0 Å². The monoisotopic (exact) mass is 286 g/mol. The number of aryl methyl sites for hydroxylation is 2. The molecule has 0 radical (unpaired) electrons. The first kappa shape index (κ1) is 14.7. The summed E-state index contributed by atoms with van der Waals surface area (Å²) in [5.74, 6) is -2.35. The molecule has 21 heavy (non-hydrogen) atoms. The number of amides is 2. The second-order valence-corrected chi connectivity index (χ2v) is 4.71. The Morgan fingerprint density at radius 1 is 0.905 bits per heavy atom. The number of carbonyl (C=O) groups is 2. The molecule has 108 valence electrons. The molecule has 0 atom stereocenters. The van der Waals surface area contributed by atoms with Crippen molar-refractivity contribution in [2.75, 3.05) is 10.6 Å². The van der Waals surface area contributed by atoms with E-state index in [-0.39, 0.29) is 5.69 Å². The third-order valence-electron chi connectivity index (χ3n) is 2.96. The van der Waals surface area contributed by atoms with E-state index in [2.05, 4.69) is 10.6 Å². The highest BCUT2D eigenvalue weighted by molar-refractivity contribution is 6.43. The van der Waals surface area contributed by atoms with E-state index in [0.717, 1.165) is 11.1 Å². The highest BCUT2D eigenvalue weighted by Gasteiger charge is 2.16. The zero-order valence-electron chi connectivity index (χ0n) is 11.7. The molecule has 0 fully saturated rings. The Balaban J connectivity index is 2.06. The number of benzene rings is 2. The Bertz CT molecular complexity index is 698. The van der Waals surface area contributed by atoms with E-state index in [4.69, 9.17) is 0 Å². The van der Waals surface area contributed by atoms with Crippen molar-refractivity contribution in [2.45, 2.75) is 13.8 Å². The molecular formula is C16H15FN2O2. The van der Waals surface area contributed by atoms with E-state index < -0.39 is 17.6 Å². The fourth-order valence-electron chi connectivity index (χ4n) is 1.87. The summed E-state index contributed by atoms with van der Waals surface area (Å²) in [5, 5.41) is 4.74. The minimum atomic E-state index is -0.917. The fourth-order valence-corrected chi connectivity index (χ4v) is 1.87. The molecule has 2 rings (SSSR count). The molecule has 2 N–H and O–H groups in total. The molecular weight excluding hydrogens is 271 g/mol. The molecule has 4 nitrogen and oxygen atoms in total. The van der Waals surface area contributed by atoms with E-state index in [1.165, 1.54) is 18.2 Å². The van der Waals surface area contributed by atoms with Gasteiger partial charge in [-0.2, -0.15) is 0 Å². The van der Waals surface area contributed by atoms with Gasteiger partial charge in [-0.3, -0.25) is 9.59 Å². The maximum atomic E-state index is 13.4. The van der Waals surface area contributed by atoms with Crippen LogP contribution in [0.4, 0.5) is 15.8 Å². The molecule has 0 saturated heterocycles. The lowest BCUT2D eigenvalue weighted by Crippen LogP contribution is -2.29. The molecule has 5 heteroatoms. The predicted molar refractivity (Wildman–Crippen MR) is 79.6 cm³/mol. The minimum Gasteiger partial charge on any atom is -0.318 e. The summed E-state index contributed by atoms with van der Waals surface area (Å²) >= 11 is 0. The Kier molecular flexibility index (Phi) is 4.33. The van der Waals surface area contributed by atoms with E-state index in [1.54, 1.807) is 12.1 Å². The first-order valence-electron chi connectivity index (χ1n) is 6.41. The van der Waals surface area contributed by atoms with Crippen molar-refractivity contribution in [3.63, 3.8) is 0 Å². The largest absolute Gasteiger partial charge is 0.318 e. The van der Waals surface area contributed by atoms with Gasteiger partial charge in [0.05, 0.1) is 5.69 Å². The zero-order chi connectivity index (χ0) is 15.4. The summed E-state index contributed by atoms with van der Waals surface area (Å²) in [6, 6.07) is 11.1. The Labute approximate surface area is 122 Å². The smallest absolute Gasteiger partial charge is 0.314 e. The molecule has 0 aliphatic carbocycles. The Hall–Kier alpha value is -2.69. The van der Waals surface area contributed by atoms with Gasteiger partial charge in [-0.05, 0) is 37.6 Å². The summed E-state index contributed by atoms with van der Waals surface area (Å²) in [6.45, 7) is 3.76. The standard InChI is InChI=1S/C16H15FN2O2/c1-10-7-8-13(11(2)9-10)18-15(20)16(21)19-14-6-4-3-5-12(14)17/h3-9H,1-2H3,(H,18,20)(H,19,21). The minimum absolute atomic E-state index is 0.0294. The highest BCUT2D eigenvalue weighted by atomic mass is 19.1. The average Bonchev–Trinajstić information content (AvgIpc) is 2.44. The van der Waals surface area contributed by atoms with Crippen LogP contribution in [0.1, 0.15) is 11.1 Å². The van der Waals surface area contributed by atoms with Crippen molar-refractivity contribution in [3.8, 4) is 0 Å². The van der Waals surface area contributed by atoms with Crippen molar-refractivity contribution in [1.82, 2.24) is 0 Å². The number of anilines is 2. The van der Waals surface area contributed by atoms with Crippen molar-refractivity contribution < 1.29 is 14.0 Å². The normalized spacial score (nSPS) is 10.0. The molecule has 2 amide bonds. The molecule has 0 spiro atoms. The Morgan fingerprint density at radius 3 is 2.14 bits per heavy atom. The van der Waals surface area contributed by atoms with Gasteiger partial charge in [-0.15, -0.1) is 0 Å². The molecule has 0 unspecified atom stereocenters. The van der Waals surface area contributed by atoms with Crippen LogP contribution in [0.3, 0.4) is 0 Å². The number of halogens is 1. The number of carbonyl (C=O) groups excluding carboxylic acids is 2. The van der Waals surface area contributed by atoms with Crippen molar-refractivity contribution in [2.24, 2.45) is 0 Å². The fraction of sp³-hybridized carbons (Fsp3) is 0.125. The molecule has 0 bridgehead atoms. The van der Waals surface area contributed by atoms with Gasteiger partial charge in [0.2, 0.25) is 0 Å². The molecule has 0 heterocycles. The van der Waals surface area contributed by atoms with Gasteiger partial charge < -0.3 is 10.6 Å². The quantitative estimate of drug-likeness (QED) is 0.834. The summed E-state index contributed by atoms with van der Waals surface area (Å²) in [4.78, 5) is 23.6. The molecule has 0 saturated carbocycles. The number of hydrogen-bond donors (Lipinski definition) is 2. The maximum Gasteiger partial charge on any atom is 0.314 e. The SMILES string of the molecule is Cc1ccc(NC(=O)C(=O)Nc2ccccc2F)c(C)c1. The molecule has 2 aromatic rings. The second kappa shape index (κ2) is 6.17. The Morgan fingerprint density at radius 2 is 1.52 bits per heavy atom. The van der Waals surface area contributed by atoms with Crippen LogP contribution in [0.5, 0.6) is 0 Å².